The van der Waals surface area contributed by atoms with Crippen molar-refractivity contribution in [2.45, 2.75) is 20.8 Å². The maximum absolute atomic E-state index is 6.18. The number of nitrogens with zero attached hydrogens (tertiary/aromatic N) is 5. The molecule has 0 spiro atoms. The molecule has 0 aliphatic carbocycles. The molecule has 140 valence electrons. The Labute approximate surface area is 169 Å². The summed E-state index contributed by atoms with van der Waals surface area (Å²) in [5.74, 6) is 0.895. The van der Waals surface area contributed by atoms with E-state index in [0.29, 0.717) is 10.3 Å². The van der Waals surface area contributed by atoms with Crippen molar-refractivity contribution >= 4 is 45.6 Å². The SMILES string of the molecule is Cc1cc(N2CCN(c3c(C)c(C)nc4cc(Cl)ccc34)CC2)nc(Cl)n1. The van der Waals surface area contributed by atoms with Crippen LogP contribution >= 0.6 is 23.2 Å². The molecular formula is C20H21Cl2N5. The first-order valence-corrected chi connectivity index (χ1v) is 9.75. The second-order valence-electron chi connectivity index (χ2n) is 6.94. The minimum absolute atomic E-state index is 0.302. The van der Waals surface area contributed by atoms with Crippen molar-refractivity contribution in [1.29, 1.82) is 0 Å². The highest BCUT2D eigenvalue weighted by Gasteiger charge is 2.23. The van der Waals surface area contributed by atoms with Crippen LogP contribution in [0.25, 0.3) is 10.9 Å². The second kappa shape index (κ2) is 7.13. The topological polar surface area (TPSA) is 45.2 Å². The molecule has 0 saturated carbocycles. The number of aromatic nitrogens is 3. The second-order valence-corrected chi connectivity index (χ2v) is 7.72. The number of halogens is 2. The maximum atomic E-state index is 6.18. The van der Waals surface area contributed by atoms with Crippen molar-refractivity contribution in [1.82, 2.24) is 15.0 Å². The number of pyridine rings is 1. The monoisotopic (exact) mass is 401 g/mol. The molecule has 0 atom stereocenters. The van der Waals surface area contributed by atoms with Crippen molar-refractivity contribution in [3.63, 3.8) is 0 Å². The van der Waals surface area contributed by atoms with Gasteiger partial charge in [0.1, 0.15) is 5.82 Å². The smallest absolute Gasteiger partial charge is 0.224 e. The van der Waals surface area contributed by atoms with Gasteiger partial charge in [0.2, 0.25) is 5.28 Å². The highest BCUT2D eigenvalue weighted by molar-refractivity contribution is 6.31. The van der Waals surface area contributed by atoms with Gasteiger partial charge in [-0.3, -0.25) is 4.98 Å². The number of fused-ring (bicyclic) bond motifs is 1. The van der Waals surface area contributed by atoms with Crippen LogP contribution in [-0.2, 0) is 0 Å². The van der Waals surface area contributed by atoms with Gasteiger partial charge in [0.25, 0.3) is 0 Å². The predicted molar refractivity (Wildman–Crippen MR) is 112 cm³/mol. The number of hydrogen-bond acceptors (Lipinski definition) is 5. The van der Waals surface area contributed by atoms with Crippen LogP contribution in [0.15, 0.2) is 24.3 Å². The number of piperazine rings is 1. The van der Waals surface area contributed by atoms with Crippen molar-refractivity contribution < 1.29 is 0 Å². The molecule has 1 fully saturated rings. The Morgan fingerprint density at radius 1 is 0.852 bits per heavy atom. The molecule has 27 heavy (non-hydrogen) atoms. The molecule has 0 bridgehead atoms. The molecule has 5 nitrogen and oxygen atoms in total. The van der Waals surface area contributed by atoms with E-state index in [-0.39, 0.29) is 0 Å². The van der Waals surface area contributed by atoms with Crippen LogP contribution in [0.4, 0.5) is 11.5 Å². The summed E-state index contributed by atoms with van der Waals surface area (Å²) in [6.45, 7) is 9.71. The molecule has 7 heteroatoms. The van der Waals surface area contributed by atoms with Gasteiger partial charge in [-0.15, -0.1) is 0 Å². The molecule has 3 aromatic rings. The number of anilines is 2. The summed E-state index contributed by atoms with van der Waals surface area (Å²) < 4.78 is 0. The summed E-state index contributed by atoms with van der Waals surface area (Å²) in [4.78, 5) is 18.0. The first kappa shape index (κ1) is 18.3. The zero-order chi connectivity index (χ0) is 19.1. The summed E-state index contributed by atoms with van der Waals surface area (Å²) in [6.07, 6.45) is 0. The molecular weight excluding hydrogens is 381 g/mol. The molecule has 1 aliphatic heterocycles. The molecule has 1 aliphatic rings. The van der Waals surface area contributed by atoms with Gasteiger partial charge in [0, 0.05) is 54.0 Å². The van der Waals surface area contributed by atoms with Crippen LogP contribution in [0.3, 0.4) is 0 Å². The number of benzene rings is 1. The van der Waals surface area contributed by atoms with Crippen LogP contribution in [0, 0.1) is 20.8 Å². The fourth-order valence-electron chi connectivity index (χ4n) is 3.68. The minimum atomic E-state index is 0.302. The van der Waals surface area contributed by atoms with Gasteiger partial charge in [-0.2, -0.15) is 0 Å². The Hall–Kier alpha value is -2.11. The van der Waals surface area contributed by atoms with Gasteiger partial charge in [-0.25, -0.2) is 9.97 Å². The largest absolute Gasteiger partial charge is 0.367 e. The van der Waals surface area contributed by atoms with Crippen LogP contribution in [0.2, 0.25) is 10.3 Å². The average Bonchev–Trinajstić information content (AvgIpc) is 2.62. The van der Waals surface area contributed by atoms with E-state index in [0.717, 1.165) is 54.3 Å². The quantitative estimate of drug-likeness (QED) is 0.587. The van der Waals surface area contributed by atoms with Gasteiger partial charge in [-0.1, -0.05) is 11.6 Å². The molecule has 0 radical (unpaired) electrons. The molecule has 0 unspecified atom stereocenters. The highest BCUT2D eigenvalue weighted by atomic mass is 35.5. The van der Waals surface area contributed by atoms with Gasteiger partial charge >= 0.3 is 0 Å². The van der Waals surface area contributed by atoms with E-state index in [2.05, 4.69) is 39.7 Å². The van der Waals surface area contributed by atoms with Gasteiger partial charge in [0.05, 0.1) is 11.2 Å². The predicted octanol–water partition coefficient (Wildman–Crippen LogP) is 4.58. The van der Waals surface area contributed by atoms with Crippen LogP contribution in [-0.4, -0.2) is 41.1 Å². The van der Waals surface area contributed by atoms with E-state index in [1.54, 1.807) is 0 Å². The van der Waals surface area contributed by atoms with Gasteiger partial charge < -0.3 is 9.80 Å². The van der Waals surface area contributed by atoms with Crippen LogP contribution in [0.5, 0.6) is 0 Å². The first-order chi connectivity index (χ1) is 12.9. The summed E-state index contributed by atoms with van der Waals surface area (Å²) in [7, 11) is 0. The Kier molecular flexibility index (Phi) is 4.82. The molecule has 2 aromatic heterocycles. The van der Waals surface area contributed by atoms with E-state index in [1.807, 2.05) is 25.1 Å². The van der Waals surface area contributed by atoms with E-state index < -0.39 is 0 Å². The Bertz CT molecular complexity index is 993. The summed E-state index contributed by atoms with van der Waals surface area (Å²) >= 11 is 12.2. The van der Waals surface area contributed by atoms with Crippen molar-refractivity contribution in [3.8, 4) is 0 Å². The Morgan fingerprint density at radius 3 is 2.26 bits per heavy atom. The van der Waals surface area contributed by atoms with E-state index in [4.69, 9.17) is 28.2 Å². The number of hydrogen-bond donors (Lipinski definition) is 0. The third kappa shape index (κ3) is 3.54. The lowest BCUT2D eigenvalue weighted by Gasteiger charge is -2.38. The van der Waals surface area contributed by atoms with Crippen LogP contribution in [0.1, 0.15) is 17.0 Å². The highest BCUT2D eigenvalue weighted by Crippen LogP contribution is 2.33. The average molecular weight is 402 g/mol. The molecule has 1 aromatic carbocycles. The Morgan fingerprint density at radius 2 is 1.56 bits per heavy atom. The van der Waals surface area contributed by atoms with E-state index >= 15 is 0 Å². The third-order valence-electron chi connectivity index (χ3n) is 5.13. The number of rotatable bonds is 2. The lowest BCUT2D eigenvalue weighted by atomic mass is 10.1. The zero-order valence-electron chi connectivity index (χ0n) is 15.6. The van der Waals surface area contributed by atoms with E-state index in [9.17, 15) is 0 Å². The molecule has 0 N–H and O–H groups in total. The molecule has 4 rings (SSSR count). The summed E-state index contributed by atoms with van der Waals surface area (Å²) in [6, 6.07) is 7.94. The number of aryl methyl sites for hydroxylation is 2. The van der Waals surface area contributed by atoms with Crippen molar-refractivity contribution in [3.05, 3.63) is 51.5 Å². The summed E-state index contributed by atoms with van der Waals surface area (Å²) in [5, 5.41) is 2.16. The standard InChI is InChI=1S/C20H21Cl2N5/c1-12-10-18(25-20(22)23-12)26-6-8-27(9-7-26)19-13(2)14(3)24-17-11-15(21)4-5-16(17)19/h4-5,10-11H,6-9H2,1-3H3. The summed E-state index contributed by atoms with van der Waals surface area (Å²) in [5.41, 5.74) is 5.35. The maximum Gasteiger partial charge on any atom is 0.224 e. The van der Waals surface area contributed by atoms with Crippen LogP contribution < -0.4 is 9.80 Å². The van der Waals surface area contributed by atoms with Crippen molar-refractivity contribution in [2.24, 2.45) is 0 Å². The lowest BCUT2D eigenvalue weighted by Crippen LogP contribution is -2.47. The normalized spacial score (nSPS) is 14.9. The van der Waals surface area contributed by atoms with Crippen molar-refractivity contribution in [2.75, 3.05) is 36.0 Å². The zero-order valence-corrected chi connectivity index (χ0v) is 17.1. The molecule has 0 amide bonds. The van der Waals surface area contributed by atoms with E-state index in [1.165, 1.54) is 11.3 Å². The molecule has 3 heterocycles. The minimum Gasteiger partial charge on any atom is -0.367 e. The van der Waals surface area contributed by atoms with Gasteiger partial charge in [-0.05, 0) is 56.1 Å². The van der Waals surface area contributed by atoms with Gasteiger partial charge in [0.15, 0.2) is 0 Å². The lowest BCUT2D eigenvalue weighted by molar-refractivity contribution is 0.646. The third-order valence-corrected chi connectivity index (χ3v) is 5.54. The molecule has 1 saturated heterocycles. The fourth-order valence-corrected chi connectivity index (χ4v) is 4.07. The fraction of sp³-hybridized carbons (Fsp3) is 0.350. The Balaban J connectivity index is 1.64. The first-order valence-electron chi connectivity index (χ1n) is 9.00.